The zero-order valence-electron chi connectivity index (χ0n) is 31.5. The van der Waals surface area contributed by atoms with Crippen molar-refractivity contribution >= 4 is 84.4 Å². The fourth-order valence-corrected chi connectivity index (χ4v) is 11.2. The van der Waals surface area contributed by atoms with Crippen molar-refractivity contribution in [1.82, 2.24) is 44.6 Å². The Morgan fingerprint density at radius 3 is 1.67 bits per heavy atom. The molecule has 3 aromatic heterocycles. The maximum absolute atomic E-state index is 14.1. The van der Waals surface area contributed by atoms with E-state index in [0.717, 1.165) is 18.6 Å². The van der Waals surface area contributed by atoms with E-state index in [0.29, 0.717) is 13.0 Å². The summed E-state index contributed by atoms with van der Waals surface area (Å²) < 4.78 is 134. The zero-order chi connectivity index (χ0) is 43.5. The van der Waals surface area contributed by atoms with E-state index in [1.807, 2.05) is 0 Å². The predicted octanol–water partition coefficient (Wildman–Crippen LogP) is 2.72. The Morgan fingerprint density at radius 1 is 0.603 bits per heavy atom. The van der Waals surface area contributed by atoms with Gasteiger partial charge in [-0.15, -0.1) is 0 Å². The van der Waals surface area contributed by atoms with Crippen molar-refractivity contribution in [3.05, 3.63) is 72.8 Å². The SMILES string of the molecule is NS(=O)(=O)c1cccc2c1-c1nc-2nc2[n-]c(nc3[n-]c(nc4nc(n1)-c1cccc(S(=O)(=O)O)c1-4)c1cccc(S(=O)(=O)O)c31)c1cccc(S(=O)(=O)NCC3CCCO3)c21.[Cu+2]. The van der Waals surface area contributed by atoms with Crippen LogP contribution in [-0.2, 0) is 62.1 Å². The topological polar surface area (TPSA) is 330 Å². The molecule has 1 saturated heterocycles. The number of hydrogen-bond acceptors (Lipinski definition) is 15. The van der Waals surface area contributed by atoms with Crippen LogP contribution in [0.2, 0.25) is 0 Å². The molecule has 3 aliphatic rings. The average Bonchev–Trinajstić information content (AvgIpc) is 4.05. The van der Waals surface area contributed by atoms with Crippen molar-refractivity contribution in [2.45, 2.75) is 38.5 Å². The maximum atomic E-state index is 14.1. The van der Waals surface area contributed by atoms with Gasteiger partial charge in [0.2, 0.25) is 20.0 Å². The van der Waals surface area contributed by atoms with E-state index in [1.165, 1.54) is 60.7 Å². The summed E-state index contributed by atoms with van der Waals surface area (Å²) in [6.45, 7) is 0.437. The Kier molecular flexibility index (Phi) is 10.1. The third-order valence-corrected chi connectivity index (χ3v) is 14.5. The van der Waals surface area contributed by atoms with E-state index in [1.54, 1.807) is 0 Å². The molecule has 1 unspecified atom stereocenters. The minimum atomic E-state index is -4.98. The second kappa shape index (κ2) is 15.0. The molecule has 21 nitrogen and oxygen atoms in total. The fourth-order valence-electron chi connectivity index (χ4n) is 7.70. The minimum Gasteiger partial charge on any atom is -0.377 e. The van der Waals surface area contributed by atoms with Gasteiger partial charge in [0.25, 0.3) is 20.2 Å². The number of primary sulfonamides is 1. The minimum absolute atomic E-state index is 0. The van der Waals surface area contributed by atoms with Crippen molar-refractivity contribution in [2.24, 2.45) is 5.14 Å². The smallest absolute Gasteiger partial charge is 0.377 e. The van der Waals surface area contributed by atoms with E-state index in [4.69, 9.17) is 9.88 Å². The van der Waals surface area contributed by atoms with E-state index >= 15 is 0 Å². The summed E-state index contributed by atoms with van der Waals surface area (Å²) >= 11 is 0. The Hall–Kier alpha value is -5.64. The van der Waals surface area contributed by atoms with Crippen LogP contribution >= 0.6 is 0 Å². The number of aromatic nitrogens is 8. The summed E-state index contributed by atoms with van der Waals surface area (Å²) in [6, 6.07) is 15.9. The molecule has 0 saturated carbocycles. The number of benzene rings is 4. The van der Waals surface area contributed by atoms with Gasteiger partial charge < -0.3 is 29.7 Å². The first-order valence-corrected chi connectivity index (χ1v) is 24.1. The second-order valence-corrected chi connectivity index (χ2v) is 20.2. The summed E-state index contributed by atoms with van der Waals surface area (Å²) in [5.41, 5.74) is -1.48. The van der Waals surface area contributed by atoms with Gasteiger partial charge in [-0.2, -0.15) is 16.8 Å². The Labute approximate surface area is 366 Å². The molecule has 4 aromatic carbocycles. The largest absolute Gasteiger partial charge is 2.00 e. The van der Waals surface area contributed by atoms with E-state index in [2.05, 4.69) is 44.6 Å². The van der Waals surface area contributed by atoms with Crippen LogP contribution in [0.4, 0.5) is 0 Å². The van der Waals surface area contributed by atoms with Crippen LogP contribution in [0.15, 0.2) is 92.4 Å². The number of nitrogens with zero attached hydrogens (tertiary/aromatic N) is 8. The summed E-state index contributed by atoms with van der Waals surface area (Å²) in [6.07, 6.45) is 1.03. The average molecular weight is 978 g/mol. The van der Waals surface area contributed by atoms with Crippen molar-refractivity contribution in [2.75, 3.05) is 13.2 Å². The van der Waals surface area contributed by atoms with Crippen LogP contribution in [0.5, 0.6) is 0 Å². The quantitative estimate of drug-likeness (QED) is 0.132. The van der Waals surface area contributed by atoms with E-state index < -0.39 is 55.0 Å². The first kappa shape index (κ1) is 42.7. The molecule has 26 heteroatoms. The van der Waals surface area contributed by atoms with E-state index in [-0.39, 0.29) is 124 Å². The summed E-state index contributed by atoms with van der Waals surface area (Å²) in [5.74, 6) is -1.19. The Balaban J connectivity index is 0.00000504. The first-order chi connectivity index (χ1) is 29.4. The molecule has 0 amide bonds. The molecule has 10 rings (SSSR count). The number of nitrogens with one attached hydrogen (secondary N) is 1. The third-order valence-electron chi connectivity index (χ3n) is 10.3. The number of rotatable bonds is 7. The molecule has 1 atom stereocenters. The summed E-state index contributed by atoms with van der Waals surface area (Å²) in [7, 11) is -18.8. The van der Waals surface area contributed by atoms with Gasteiger partial charge in [0, 0.05) is 68.8 Å². The molecule has 1 fully saturated rings. The van der Waals surface area contributed by atoms with Gasteiger partial charge >= 0.3 is 17.1 Å². The van der Waals surface area contributed by atoms with E-state index in [9.17, 15) is 42.8 Å². The van der Waals surface area contributed by atoms with Crippen LogP contribution in [0, 0.1) is 0 Å². The van der Waals surface area contributed by atoms with Crippen molar-refractivity contribution in [3.63, 3.8) is 0 Å². The molecule has 7 aromatic rings. The molecule has 63 heavy (non-hydrogen) atoms. The predicted molar refractivity (Wildman–Crippen MR) is 219 cm³/mol. The maximum Gasteiger partial charge on any atom is 2.00 e. The monoisotopic (exact) mass is 977 g/mol. The number of hydrogen-bond donors (Lipinski definition) is 4. The third kappa shape index (κ3) is 7.27. The second-order valence-electron chi connectivity index (χ2n) is 14.2. The van der Waals surface area contributed by atoms with Gasteiger partial charge in [-0.05, 0) is 47.9 Å². The normalized spacial score (nSPS) is 15.3. The molecular formula is C37H26CuN10O11S4. The molecule has 1 radical (unpaired) electrons. The van der Waals surface area contributed by atoms with Crippen molar-refractivity contribution in [1.29, 1.82) is 0 Å². The van der Waals surface area contributed by atoms with Gasteiger partial charge in [-0.25, -0.2) is 41.6 Å². The Morgan fingerprint density at radius 2 is 1.08 bits per heavy atom. The van der Waals surface area contributed by atoms with Crippen LogP contribution in [0.3, 0.4) is 0 Å². The molecule has 0 spiro atoms. The van der Waals surface area contributed by atoms with Crippen molar-refractivity contribution < 1.29 is 64.6 Å². The molecular weight excluding hydrogens is 952 g/mol. The molecule has 8 bridgehead atoms. The number of sulfonamides is 2. The van der Waals surface area contributed by atoms with Gasteiger partial charge in [-0.1, -0.05) is 48.5 Å². The molecule has 3 aliphatic heterocycles. The van der Waals surface area contributed by atoms with Gasteiger partial charge in [0.05, 0.1) is 27.5 Å². The van der Waals surface area contributed by atoms with Gasteiger partial charge in [0.1, 0.15) is 9.79 Å². The van der Waals surface area contributed by atoms with Crippen LogP contribution < -0.4 is 19.8 Å². The Bertz CT molecular complexity index is 3790. The van der Waals surface area contributed by atoms with Gasteiger partial charge in [-0.3, -0.25) is 9.11 Å². The molecule has 325 valence electrons. The summed E-state index contributed by atoms with van der Waals surface area (Å²) in [5, 5.41) is 5.44. The molecule has 6 heterocycles. The van der Waals surface area contributed by atoms with Crippen LogP contribution in [0.1, 0.15) is 12.8 Å². The first-order valence-electron chi connectivity index (χ1n) is 18.2. The zero-order valence-corrected chi connectivity index (χ0v) is 35.7. The molecule has 0 aliphatic carbocycles. The standard InChI is InChI=1S/C37H26N10O11S4.Cu/c38-59(48,49)22-11-1-7-18-26(22)34-40-30(18)42-35-27-19(8-2-12-23(27)60(50,51)39-16-17-6-5-15-58-17)31(43-35)44-36-29-21(10-4-14-25(29)62(55,56)57)33(46-36)47-37-28-20(32(41-34)45-37)9-3-13-24(28)61(52,53)54;/h1-4,7-14,17,39H,5-6,15-16H2,(H4-2,38,40,41,42,43,44,45,46,47,48,49,52,53,54,55,56,57);/q-2;+2. The van der Waals surface area contributed by atoms with Crippen LogP contribution in [-0.4, -0.2) is 91.9 Å². The van der Waals surface area contributed by atoms with Crippen LogP contribution in [0.25, 0.3) is 89.7 Å². The van der Waals surface area contributed by atoms with Crippen molar-refractivity contribution in [3.8, 4) is 45.6 Å². The fraction of sp³-hybridized carbons (Fsp3) is 0.135. The number of nitrogens with two attached hydrogens (primary N) is 1. The number of ether oxygens (including phenoxy) is 1. The van der Waals surface area contributed by atoms with Gasteiger partial charge in [0.15, 0.2) is 11.6 Å². The molecule has 5 N–H and O–H groups in total. The summed E-state index contributed by atoms with van der Waals surface area (Å²) in [4.78, 5) is 34.6. The number of fused-ring (bicyclic) bond motifs is 20.